The van der Waals surface area contributed by atoms with Gasteiger partial charge in [0.05, 0.1) is 6.20 Å². The summed E-state index contributed by atoms with van der Waals surface area (Å²) in [6.07, 6.45) is 3.55. The van der Waals surface area contributed by atoms with Crippen LogP contribution in [0.15, 0.2) is 6.20 Å². The van der Waals surface area contributed by atoms with Crippen LogP contribution in [0.4, 0.5) is 5.82 Å². The smallest absolute Gasteiger partial charge is 0.224 e. The van der Waals surface area contributed by atoms with Crippen LogP contribution in [0, 0.1) is 0 Å². The topological polar surface area (TPSA) is 37.8 Å². The number of hydrogen-bond acceptors (Lipinski definition) is 4. The van der Waals surface area contributed by atoms with E-state index in [1.54, 1.807) is 11.8 Å². The Balaban J connectivity index is 2.83. The van der Waals surface area contributed by atoms with E-state index in [2.05, 4.69) is 35.4 Å². The van der Waals surface area contributed by atoms with E-state index in [1.165, 1.54) is 6.20 Å². The van der Waals surface area contributed by atoms with E-state index in [0.29, 0.717) is 10.8 Å². The summed E-state index contributed by atoms with van der Waals surface area (Å²) in [5, 5.41) is 3.92. The summed E-state index contributed by atoms with van der Waals surface area (Å²) in [7, 11) is 0. The molecule has 0 aromatic carbocycles. The molecular formula is C9H13Cl2N3S. The number of rotatable bonds is 4. The van der Waals surface area contributed by atoms with Crippen LogP contribution in [0.5, 0.6) is 0 Å². The molecular weight excluding hydrogens is 253 g/mol. The van der Waals surface area contributed by atoms with Gasteiger partial charge in [-0.3, -0.25) is 0 Å². The van der Waals surface area contributed by atoms with Crippen molar-refractivity contribution < 1.29 is 0 Å². The van der Waals surface area contributed by atoms with Crippen LogP contribution in [-0.4, -0.2) is 27.5 Å². The molecule has 0 unspecified atom stereocenters. The highest BCUT2D eigenvalue weighted by molar-refractivity contribution is 7.98. The fraction of sp³-hybridized carbons (Fsp3) is 0.556. The Kier molecular flexibility index (Phi) is 4.49. The molecule has 0 bridgehead atoms. The summed E-state index contributed by atoms with van der Waals surface area (Å²) < 4.78 is 0. The van der Waals surface area contributed by atoms with Gasteiger partial charge in [0.2, 0.25) is 5.28 Å². The fourth-order valence-corrected chi connectivity index (χ4v) is 2.22. The maximum Gasteiger partial charge on any atom is 0.224 e. The number of thioether (sulfide) groups is 1. The van der Waals surface area contributed by atoms with Crippen molar-refractivity contribution in [3.63, 3.8) is 0 Å². The lowest BCUT2D eigenvalue weighted by Crippen LogP contribution is -2.34. The van der Waals surface area contributed by atoms with E-state index in [9.17, 15) is 0 Å². The third kappa shape index (κ3) is 4.05. The van der Waals surface area contributed by atoms with Gasteiger partial charge in [-0.1, -0.05) is 11.6 Å². The normalized spacial score (nSPS) is 11.5. The van der Waals surface area contributed by atoms with E-state index in [-0.39, 0.29) is 10.8 Å². The zero-order valence-electron chi connectivity index (χ0n) is 8.84. The van der Waals surface area contributed by atoms with Gasteiger partial charge in [-0.15, -0.1) is 0 Å². The first-order valence-electron chi connectivity index (χ1n) is 4.40. The molecule has 1 aromatic heterocycles. The van der Waals surface area contributed by atoms with Crippen LogP contribution < -0.4 is 5.32 Å². The van der Waals surface area contributed by atoms with Gasteiger partial charge >= 0.3 is 0 Å². The van der Waals surface area contributed by atoms with E-state index < -0.39 is 0 Å². The SMILES string of the molecule is CSCC(C)(C)Nc1nc(Cl)ncc1Cl. The predicted molar refractivity (Wildman–Crippen MR) is 68.1 cm³/mol. The molecule has 1 rings (SSSR count). The monoisotopic (exact) mass is 265 g/mol. The summed E-state index contributed by atoms with van der Waals surface area (Å²) >= 11 is 13.4. The number of anilines is 1. The van der Waals surface area contributed by atoms with Gasteiger partial charge in [0.1, 0.15) is 10.8 Å². The van der Waals surface area contributed by atoms with E-state index in [1.807, 2.05) is 0 Å². The Morgan fingerprint density at radius 2 is 2.13 bits per heavy atom. The second-order valence-corrected chi connectivity index (χ2v) is 5.39. The average Bonchev–Trinajstić information content (AvgIpc) is 2.10. The Morgan fingerprint density at radius 3 is 2.73 bits per heavy atom. The van der Waals surface area contributed by atoms with Gasteiger partial charge in [-0.2, -0.15) is 16.7 Å². The van der Waals surface area contributed by atoms with Gasteiger partial charge in [0.15, 0.2) is 0 Å². The molecule has 0 radical (unpaired) electrons. The van der Waals surface area contributed by atoms with Crippen LogP contribution in [0.3, 0.4) is 0 Å². The summed E-state index contributed by atoms with van der Waals surface area (Å²) in [6.45, 7) is 4.16. The molecule has 1 heterocycles. The van der Waals surface area contributed by atoms with E-state index >= 15 is 0 Å². The van der Waals surface area contributed by atoms with Crippen molar-refractivity contribution in [2.45, 2.75) is 19.4 Å². The second kappa shape index (κ2) is 5.23. The summed E-state index contributed by atoms with van der Waals surface area (Å²) in [5.41, 5.74) is -0.0826. The molecule has 1 aromatic rings. The molecule has 0 fully saturated rings. The third-order valence-corrected chi connectivity index (χ3v) is 3.15. The number of halogens is 2. The molecule has 0 aliphatic heterocycles. The van der Waals surface area contributed by atoms with Crippen LogP contribution in [0.1, 0.15) is 13.8 Å². The molecule has 0 aliphatic rings. The first-order valence-corrected chi connectivity index (χ1v) is 6.55. The highest BCUT2D eigenvalue weighted by Crippen LogP contribution is 2.24. The van der Waals surface area contributed by atoms with Crippen LogP contribution in [0.25, 0.3) is 0 Å². The van der Waals surface area contributed by atoms with Crippen molar-refractivity contribution in [1.82, 2.24) is 9.97 Å². The molecule has 0 aliphatic carbocycles. The molecule has 84 valence electrons. The van der Waals surface area contributed by atoms with Crippen LogP contribution >= 0.6 is 35.0 Å². The van der Waals surface area contributed by atoms with E-state index in [0.717, 1.165) is 5.75 Å². The van der Waals surface area contributed by atoms with Crippen molar-refractivity contribution in [3.8, 4) is 0 Å². The first kappa shape index (κ1) is 12.9. The van der Waals surface area contributed by atoms with Crippen molar-refractivity contribution in [2.75, 3.05) is 17.3 Å². The van der Waals surface area contributed by atoms with Crippen molar-refractivity contribution in [1.29, 1.82) is 0 Å². The Hall–Kier alpha value is -0.190. The van der Waals surface area contributed by atoms with Gasteiger partial charge in [-0.25, -0.2) is 4.98 Å². The Labute approximate surface area is 104 Å². The zero-order valence-corrected chi connectivity index (χ0v) is 11.2. The van der Waals surface area contributed by atoms with Gasteiger partial charge < -0.3 is 5.32 Å². The Bertz CT molecular complexity index is 344. The summed E-state index contributed by atoms with van der Waals surface area (Å²) in [5.74, 6) is 1.53. The first-order chi connectivity index (χ1) is 6.94. The minimum Gasteiger partial charge on any atom is -0.363 e. The maximum atomic E-state index is 5.95. The number of nitrogens with zero attached hydrogens (tertiary/aromatic N) is 2. The lowest BCUT2D eigenvalue weighted by atomic mass is 10.1. The van der Waals surface area contributed by atoms with Gasteiger partial charge in [0, 0.05) is 11.3 Å². The fourth-order valence-electron chi connectivity index (χ4n) is 1.15. The number of nitrogens with one attached hydrogen (secondary N) is 1. The van der Waals surface area contributed by atoms with Gasteiger partial charge in [-0.05, 0) is 31.7 Å². The van der Waals surface area contributed by atoms with E-state index in [4.69, 9.17) is 23.2 Å². The zero-order chi connectivity index (χ0) is 11.5. The summed E-state index contributed by atoms with van der Waals surface area (Å²) in [4.78, 5) is 7.83. The molecule has 0 atom stereocenters. The molecule has 15 heavy (non-hydrogen) atoms. The van der Waals surface area contributed by atoms with Crippen molar-refractivity contribution in [3.05, 3.63) is 16.5 Å². The average molecular weight is 266 g/mol. The molecule has 0 spiro atoms. The molecule has 1 N–H and O–H groups in total. The standard InChI is InChI=1S/C9H13Cl2N3S/c1-9(2,5-15-3)14-7-6(10)4-12-8(11)13-7/h4H,5H2,1-3H3,(H,12,13,14). The molecule has 0 saturated carbocycles. The Morgan fingerprint density at radius 1 is 1.47 bits per heavy atom. The lowest BCUT2D eigenvalue weighted by Gasteiger charge is -2.26. The van der Waals surface area contributed by atoms with Crippen molar-refractivity contribution >= 4 is 40.8 Å². The molecule has 0 saturated heterocycles. The molecule has 3 nitrogen and oxygen atoms in total. The quantitative estimate of drug-likeness (QED) is 0.848. The second-order valence-electron chi connectivity index (χ2n) is 3.78. The maximum absolute atomic E-state index is 5.95. The highest BCUT2D eigenvalue weighted by Gasteiger charge is 2.18. The van der Waals surface area contributed by atoms with Gasteiger partial charge in [0.25, 0.3) is 0 Å². The highest BCUT2D eigenvalue weighted by atomic mass is 35.5. The molecule has 0 amide bonds. The van der Waals surface area contributed by atoms with Crippen molar-refractivity contribution in [2.24, 2.45) is 0 Å². The summed E-state index contributed by atoms with van der Waals surface area (Å²) in [6, 6.07) is 0. The predicted octanol–water partition coefficient (Wildman–Crippen LogP) is 3.34. The number of aromatic nitrogens is 2. The third-order valence-electron chi connectivity index (χ3n) is 1.68. The number of hydrogen-bond donors (Lipinski definition) is 1. The minimum absolute atomic E-state index is 0.0826. The minimum atomic E-state index is -0.0826. The largest absolute Gasteiger partial charge is 0.363 e. The lowest BCUT2D eigenvalue weighted by molar-refractivity contribution is 0.642. The van der Waals surface area contributed by atoms with Crippen LogP contribution in [0.2, 0.25) is 10.3 Å². The molecule has 6 heteroatoms. The van der Waals surface area contributed by atoms with Crippen LogP contribution in [-0.2, 0) is 0 Å².